The smallest absolute Gasteiger partial charge is 0.205 e. The Labute approximate surface area is 93.2 Å². The van der Waals surface area contributed by atoms with E-state index in [0.717, 1.165) is 36.8 Å². The zero-order valence-corrected chi connectivity index (χ0v) is 10.1. The molecule has 1 aromatic rings. The van der Waals surface area contributed by atoms with Crippen molar-refractivity contribution in [3.63, 3.8) is 0 Å². The lowest BCUT2D eigenvalue weighted by molar-refractivity contribution is 0.669. The number of aryl methyl sites for hydroxylation is 1. The van der Waals surface area contributed by atoms with Gasteiger partial charge in [-0.15, -0.1) is 0 Å². The molecule has 1 unspecified atom stereocenters. The minimum atomic E-state index is 0.789. The molecule has 0 aliphatic carbocycles. The molecule has 0 saturated carbocycles. The molecule has 4 heteroatoms. The molecule has 2 heterocycles. The maximum atomic E-state index is 4.41. The Balaban J connectivity index is 2.09. The van der Waals surface area contributed by atoms with E-state index < -0.39 is 0 Å². The first-order valence-corrected chi connectivity index (χ1v) is 6.29. The largest absolute Gasteiger partial charge is 0.342 e. The monoisotopic (exact) mass is 257 g/mol. The fourth-order valence-electron chi connectivity index (χ4n) is 1.97. The van der Waals surface area contributed by atoms with Crippen LogP contribution in [-0.2, 0) is 6.54 Å². The lowest BCUT2D eigenvalue weighted by atomic mass is 10.2. The summed E-state index contributed by atoms with van der Waals surface area (Å²) in [7, 11) is 0. The van der Waals surface area contributed by atoms with Crippen molar-refractivity contribution >= 4 is 21.9 Å². The third-order valence-electron chi connectivity index (χ3n) is 2.82. The standard InChI is InChI=1S/C10H16BrN3/c1-2-13-6-4-12-10(13)14-5-3-9(7-11)8-14/h4,6,9H,2-3,5,7-8H2,1H3. The molecule has 1 fully saturated rings. The Hall–Kier alpha value is -0.510. The van der Waals surface area contributed by atoms with Crippen LogP contribution in [0.25, 0.3) is 0 Å². The molecule has 1 atom stereocenters. The van der Waals surface area contributed by atoms with Gasteiger partial charge < -0.3 is 9.47 Å². The first-order chi connectivity index (χ1) is 6.85. The number of nitrogens with zero attached hydrogens (tertiary/aromatic N) is 3. The summed E-state index contributed by atoms with van der Waals surface area (Å²) < 4.78 is 2.20. The summed E-state index contributed by atoms with van der Waals surface area (Å²) in [5, 5.41) is 1.11. The lowest BCUT2D eigenvalue weighted by Crippen LogP contribution is -2.23. The molecule has 78 valence electrons. The number of rotatable bonds is 3. The molecular weight excluding hydrogens is 242 g/mol. The summed E-state index contributed by atoms with van der Waals surface area (Å²) in [5.41, 5.74) is 0. The molecule has 0 N–H and O–H groups in total. The number of aromatic nitrogens is 2. The van der Waals surface area contributed by atoms with Crippen LogP contribution in [0.3, 0.4) is 0 Å². The van der Waals surface area contributed by atoms with E-state index in [2.05, 4.69) is 43.5 Å². The highest BCUT2D eigenvalue weighted by Crippen LogP contribution is 2.23. The summed E-state index contributed by atoms with van der Waals surface area (Å²) >= 11 is 3.55. The van der Waals surface area contributed by atoms with Gasteiger partial charge in [-0.05, 0) is 19.3 Å². The summed E-state index contributed by atoms with van der Waals surface area (Å²) in [6.45, 7) is 5.45. The summed E-state index contributed by atoms with van der Waals surface area (Å²) in [4.78, 5) is 6.80. The number of anilines is 1. The average Bonchev–Trinajstić information content (AvgIpc) is 2.85. The molecule has 0 aromatic carbocycles. The molecule has 3 nitrogen and oxygen atoms in total. The Bertz CT molecular complexity index is 297. The van der Waals surface area contributed by atoms with Gasteiger partial charge in [-0.3, -0.25) is 0 Å². The van der Waals surface area contributed by atoms with E-state index in [4.69, 9.17) is 0 Å². The molecule has 0 spiro atoms. The van der Waals surface area contributed by atoms with Crippen molar-refractivity contribution in [1.82, 2.24) is 9.55 Å². The van der Waals surface area contributed by atoms with Gasteiger partial charge >= 0.3 is 0 Å². The number of imidazole rings is 1. The van der Waals surface area contributed by atoms with Gasteiger partial charge in [-0.1, -0.05) is 15.9 Å². The molecule has 0 bridgehead atoms. The Morgan fingerprint density at radius 1 is 1.64 bits per heavy atom. The second-order valence-electron chi connectivity index (χ2n) is 3.77. The minimum absolute atomic E-state index is 0.789. The van der Waals surface area contributed by atoms with Gasteiger partial charge in [0.15, 0.2) is 0 Å². The lowest BCUT2D eigenvalue weighted by Gasteiger charge is -2.18. The first-order valence-electron chi connectivity index (χ1n) is 5.17. The number of hydrogen-bond donors (Lipinski definition) is 0. The van der Waals surface area contributed by atoms with Gasteiger partial charge in [0.2, 0.25) is 5.95 Å². The predicted octanol–water partition coefficient (Wildman–Crippen LogP) is 2.12. The minimum Gasteiger partial charge on any atom is -0.342 e. The van der Waals surface area contributed by atoms with Crippen LogP contribution in [0.4, 0.5) is 5.95 Å². The Kier molecular flexibility index (Phi) is 3.11. The van der Waals surface area contributed by atoms with Gasteiger partial charge in [0, 0.05) is 37.4 Å². The van der Waals surface area contributed by atoms with E-state index in [0.29, 0.717) is 0 Å². The second kappa shape index (κ2) is 4.34. The zero-order valence-electron chi connectivity index (χ0n) is 8.49. The van der Waals surface area contributed by atoms with E-state index in [1.165, 1.54) is 6.42 Å². The molecule has 0 amide bonds. The molecule has 14 heavy (non-hydrogen) atoms. The van der Waals surface area contributed by atoms with Crippen molar-refractivity contribution in [2.24, 2.45) is 5.92 Å². The fourth-order valence-corrected chi connectivity index (χ4v) is 2.50. The van der Waals surface area contributed by atoms with Gasteiger partial charge in [-0.2, -0.15) is 0 Å². The van der Waals surface area contributed by atoms with E-state index in [-0.39, 0.29) is 0 Å². The quantitative estimate of drug-likeness (QED) is 0.774. The van der Waals surface area contributed by atoms with Crippen LogP contribution in [0.15, 0.2) is 12.4 Å². The SMILES string of the molecule is CCn1ccnc1N1CCC(CBr)C1. The van der Waals surface area contributed by atoms with Gasteiger partial charge in [0.1, 0.15) is 0 Å². The number of halogens is 1. The van der Waals surface area contributed by atoms with Crippen molar-refractivity contribution in [3.05, 3.63) is 12.4 Å². The van der Waals surface area contributed by atoms with Gasteiger partial charge in [0.25, 0.3) is 0 Å². The van der Waals surface area contributed by atoms with Crippen molar-refractivity contribution in [2.75, 3.05) is 23.3 Å². The molecule has 1 aromatic heterocycles. The van der Waals surface area contributed by atoms with E-state index in [9.17, 15) is 0 Å². The van der Waals surface area contributed by atoms with Gasteiger partial charge in [-0.25, -0.2) is 4.98 Å². The highest BCUT2D eigenvalue weighted by Gasteiger charge is 2.23. The molecule has 0 radical (unpaired) electrons. The van der Waals surface area contributed by atoms with Crippen molar-refractivity contribution < 1.29 is 0 Å². The fraction of sp³-hybridized carbons (Fsp3) is 0.700. The van der Waals surface area contributed by atoms with E-state index in [1.54, 1.807) is 0 Å². The van der Waals surface area contributed by atoms with Crippen molar-refractivity contribution in [2.45, 2.75) is 19.9 Å². The van der Waals surface area contributed by atoms with E-state index in [1.807, 2.05) is 6.20 Å². The van der Waals surface area contributed by atoms with Gasteiger partial charge in [0.05, 0.1) is 0 Å². The molecular formula is C10H16BrN3. The maximum Gasteiger partial charge on any atom is 0.205 e. The summed E-state index contributed by atoms with van der Waals surface area (Å²) in [6, 6.07) is 0. The van der Waals surface area contributed by atoms with Crippen LogP contribution in [0.1, 0.15) is 13.3 Å². The van der Waals surface area contributed by atoms with Crippen LogP contribution in [0.5, 0.6) is 0 Å². The van der Waals surface area contributed by atoms with Crippen molar-refractivity contribution in [3.8, 4) is 0 Å². The molecule has 1 aliphatic heterocycles. The Morgan fingerprint density at radius 3 is 3.14 bits per heavy atom. The first kappa shape index (κ1) is 10.0. The van der Waals surface area contributed by atoms with E-state index >= 15 is 0 Å². The average molecular weight is 258 g/mol. The highest BCUT2D eigenvalue weighted by molar-refractivity contribution is 9.09. The third-order valence-corrected chi connectivity index (χ3v) is 3.74. The number of alkyl halides is 1. The highest BCUT2D eigenvalue weighted by atomic mass is 79.9. The zero-order chi connectivity index (χ0) is 9.97. The summed E-state index contributed by atoms with van der Waals surface area (Å²) in [6.07, 6.45) is 5.22. The van der Waals surface area contributed by atoms with Crippen LogP contribution < -0.4 is 4.90 Å². The van der Waals surface area contributed by atoms with Crippen LogP contribution in [0.2, 0.25) is 0 Å². The molecule has 2 rings (SSSR count). The molecule has 1 saturated heterocycles. The number of hydrogen-bond acceptors (Lipinski definition) is 2. The molecule has 1 aliphatic rings. The summed E-state index contributed by atoms with van der Waals surface area (Å²) in [5.74, 6) is 1.92. The Morgan fingerprint density at radius 2 is 2.50 bits per heavy atom. The normalized spacial score (nSPS) is 21.9. The van der Waals surface area contributed by atoms with Crippen LogP contribution in [0, 0.1) is 5.92 Å². The predicted molar refractivity (Wildman–Crippen MR) is 62.0 cm³/mol. The maximum absolute atomic E-state index is 4.41. The van der Waals surface area contributed by atoms with Crippen LogP contribution in [-0.4, -0.2) is 28.0 Å². The van der Waals surface area contributed by atoms with Crippen LogP contribution >= 0.6 is 15.9 Å². The second-order valence-corrected chi connectivity index (χ2v) is 4.42. The topological polar surface area (TPSA) is 21.1 Å². The third kappa shape index (κ3) is 1.80. The van der Waals surface area contributed by atoms with Crippen molar-refractivity contribution in [1.29, 1.82) is 0 Å².